The molecule has 5 heteroatoms. The average Bonchev–Trinajstić information content (AvgIpc) is 2.70. The van der Waals surface area contributed by atoms with Crippen molar-refractivity contribution in [1.82, 2.24) is 14.9 Å². The highest BCUT2D eigenvalue weighted by Gasteiger charge is 2.20. The van der Waals surface area contributed by atoms with Crippen LogP contribution in [0.1, 0.15) is 23.7 Å². The van der Waals surface area contributed by atoms with Crippen LogP contribution in [0, 0.1) is 0 Å². The monoisotopic (exact) mass is 360 g/mol. The van der Waals surface area contributed by atoms with Gasteiger partial charge in [0.25, 0.3) is 0 Å². The summed E-state index contributed by atoms with van der Waals surface area (Å²) in [7, 11) is 0. The van der Waals surface area contributed by atoms with E-state index in [-0.39, 0.29) is 0 Å². The predicted molar refractivity (Wildman–Crippen MR) is 107 cm³/mol. The second kappa shape index (κ2) is 7.76. The SMILES string of the molecule is CCOc1ccccc1CN1CCc2nc(-c3ccc(N)cc3)ncc2C1. The number of benzene rings is 2. The highest BCUT2D eigenvalue weighted by molar-refractivity contribution is 5.58. The first-order valence-electron chi connectivity index (χ1n) is 9.36. The molecule has 0 aliphatic carbocycles. The minimum atomic E-state index is 0.682. The van der Waals surface area contributed by atoms with E-state index in [0.717, 1.165) is 54.6 Å². The summed E-state index contributed by atoms with van der Waals surface area (Å²) in [6, 6.07) is 16.0. The molecular weight excluding hydrogens is 336 g/mol. The summed E-state index contributed by atoms with van der Waals surface area (Å²) < 4.78 is 5.76. The zero-order chi connectivity index (χ0) is 18.6. The number of fused-ring (bicyclic) bond motifs is 1. The van der Waals surface area contributed by atoms with E-state index >= 15 is 0 Å². The van der Waals surface area contributed by atoms with Gasteiger partial charge in [0, 0.05) is 54.6 Å². The molecule has 0 atom stereocenters. The lowest BCUT2D eigenvalue weighted by atomic mass is 10.1. The molecule has 3 aromatic rings. The van der Waals surface area contributed by atoms with Gasteiger partial charge in [-0.2, -0.15) is 0 Å². The third-order valence-electron chi connectivity index (χ3n) is 4.85. The summed E-state index contributed by atoms with van der Waals surface area (Å²) in [5.41, 5.74) is 11.1. The van der Waals surface area contributed by atoms with E-state index in [1.54, 1.807) is 0 Å². The van der Waals surface area contributed by atoms with Gasteiger partial charge >= 0.3 is 0 Å². The van der Waals surface area contributed by atoms with E-state index in [4.69, 9.17) is 15.5 Å². The Kier molecular flexibility index (Phi) is 5.03. The maximum atomic E-state index is 5.77. The third kappa shape index (κ3) is 3.93. The summed E-state index contributed by atoms with van der Waals surface area (Å²) in [4.78, 5) is 11.8. The smallest absolute Gasteiger partial charge is 0.159 e. The second-order valence-electron chi connectivity index (χ2n) is 6.79. The molecule has 0 unspecified atom stereocenters. The Morgan fingerprint density at radius 1 is 1.11 bits per heavy atom. The van der Waals surface area contributed by atoms with Crippen molar-refractivity contribution >= 4 is 5.69 Å². The number of anilines is 1. The molecule has 2 heterocycles. The van der Waals surface area contributed by atoms with Crippen LogP contribution in [-0.2, 0) is 19.5 Å². The van der Waals surface area contributed by atoms with E-state index < -0.39 is 0 Å². The largest absolute Gasteiger partial charge is 0.494 e. The molecule has 1 aliphatic rings. The molecule has 138 valence electrons. The van der Waals surface area contributed by atoms with Crippen LogP contribution < -0.4 is 10.5 Å². The van der Waals surface area contributed by atoms with Gasteiger partial charge in [-0.15, -0.1) is 0 Å². The van der Waals surface area contributed by atoms with E-state index in [9.17, 15) is 0 Å². The molecule has 0 saturated carbocycles. The van der Waals surface area contributed by atoms with Gasteiger partial charge < -0.3 is 10.5 Å². The number of nitrogens with zero attached hydrogens (tertiary/aromatic N) is 3. The van der Waals surface area contributed by atoms with Crippen LogP contribution in [0.2, 0.25) is 0 Å². The maximum Gasteiger partial charge on any atom is 0.159 e. The van der Waals surface area contributed by atoms with E-state index in [1.165, 1.54) is 11.1 Å². The van der Waals surface area contributed by atoms with Crippen molar-refractivity contribution in [1.29, 1.82) is 0 Å². The van der Waals surface area contributed by atoms with Crippen LogP contribution in [-0.4, -0.2) is 28.0 Å². The Labute approximate surface area is 159 Å². The van der Waals surface area contributed by atoms with E-state index in [2.05, 4.69) is 22.0 Å². The molecule has 5 nitrogen and oxygen atoms in total. The van der Waals surface area contributed by atoms with Crippen LogP contribution in [0.25, 0.3) is 11.4 Å². The highest BCUT2D eigenvalue weighted by Crippen LogP contribution is 2.25. The second-order valence-corrected chi connectivity index (χ2v) is 6.79. The Morgan fingerprint density at radius 2 is 1.93 bits per heavy atom. The standard InChI is InChI=1S/C22H24N4O/c1-2-27-21-6-4-3-5-17(21)14-26-12-11-20-18(15-26)13-24-22(25-20)16-7-9-19(23)10-8-16/h3-10,13H,2,11-12,14-15,23H2,1H3. The molecule has 1 aromatic heterocycles. The molecule has 0 fully saturated rings. The number of para-hydroxylation sites is 1. The topological polar surface area (TPSA) is 64.3 Å². The Hall–Kier alpha value is -2.92. The third-order valence-corrected chi connectivity index (χ3v) is 4.85. The van der Waals surface area contributed by atoms with E-state index in [0.29, 0.717) is 6.61 Å². The van der Waals surface area contributed by atoms with Crippen molar-refractivity contribution in [3.63, 3.8) is 0 Å². The average molecular weight is 360 g/mol. The molecule has 0 spiro atoms. The number of hydrogen-bond donors (Lipinski definition) is 1. The molecule has 4 rings (SSSR count). The molecule has 1 aliphatic heterocycles. The summed E-state index contributed by atoms with van der Waals surface area (Å²) >= 11 is 0. The van der Waals surface area contributed by atoms with Crippen LogP contribution >= 0.6 is 0 Å². The molecular formula is C22H24N4O. The van der Waals surface area contributed by atoms with E-state index in [1.807, 2.05) is 49.5 Å². The first kappa shape index (κ1) is 17.5. The van der Waals surface area contributed by atoms with Crippen LogP contribution in [0.5, 0.6) is 5.75 Å². The molecule has 0 bridgehead atoms. The van der Waals surface area contributed by atoms with Crippen molar-refractivity contribution in [2.24, 2.45) is 0 Å². The number of aromatic nitrogens is 2. The minimum absolute atomic E-state index is 0.682. The number of hydrogen-bond acceptors (Lipinski definition) is 5. The van der Waals surface area contributed by atoms with Crippen LogP contribution in [0.15, 0.2) is 54.7 Å². The van der Waals surface area contributed by atoms with Gasteiger partial charge in [0.2, 0.25) is 0 Å². The lowest BCUT2D eigenvalue weighted by molar-refractivity contribution is 0.237. The van der Waals surface area contributed by atoms with Gasteiger partial charge in [0.1, 0.15) is 5.75 Å². The summed E-state index contributed by atoms with van der Waals surface area (Å²) in [5, 5.41) is 0. The zero-order valence-corrected chi connectivity index (χ0v) is 15.6. The highest BCUT2D eigenvalue weighted by atomic mass is 16.5. The molecule has 2 aromatic carbocycles. The van der Waals surface area contributed by atoms with Crippen molar-refractivity contribution in [2.75, 3.05) is 18.9 Å². The predicted octanol–water partition coefficient (Wildman–Crippen LogP) is 3.68. The molecule has 0 saturated heterocycles. The first-order chi connectivity index (χ1) is 13.2. The lowest BCUT2D eigenvalue weighted by Gasteiger charge is -2.28. The molecule has 2 N–H and O–H groups in total. The van der Waals surface area contributed by atoms with Crippen molar-refractivity contribution in [3.05, 3.63) is 71.5 Å². The van der Waals surface area contributed by atoms with Crippen molar-refractivity contribution < 1.29 is 4.74 Å². The molecule has 0 radical (unpaired) electrons. The van der Waals surface area contributed by atoms with Gasteiger partial charge in [-0.05, 0) is 37.3 Å². The maximum absolute atomic E-state index is 5.77. The number of nitrogens with two attached hydrogens (primary N) is 1. The van der Waals surface area contributed by atoms with Gasteiger partial charge in [0.15, 0.2) is 5.82 Å². The number of nitrogen functional groups attached to an aromatic ring is 1. The molecule has 0 amide bonds. The van der Waals surface area contributed by atoms with Crippen LogP contribution in [0.4, 0.5) is 5.69 Å². The Bertz CT molecular complexity index is 924. The minimum Gasteiger partial charge on any atom is -0.494 e. The normalized spacial score (nSPS) is 14.0. The quantitative estimate of drug-likeness (QED) is 0.703. The number of rotatable bonds is 5. The van der Waals surface area contributed by atoms with Crippen LogP contribution in [0.3, 0.4) is 0 Å². The zero-order valence-electron chi connectivity index (χ0n) is 15.6. The summed E-state index contributed by atoms with van der Waals surface area (Å²) in [5.74, 6) is 1.74. The Morgan fingerprint density at radius 3 is 2.74 bits per heavy atom. The summed E-state index contributed by atoms with van der Waals surface area (Å²) in [6.45, 7) is 5.41. The fraction of sp³-hybridized carbons (Fsp3) is 0.273. The fourth-order valence-corrected chi connectivity index (χ4v) is 3.45. The summed E-state index contributed by atoms with van der Waals surface area (Å²) in [6.07, 6.45) is 2.89. The van der Waals surface area contributed by atoms with Gasteiger partial charge in [-0.1, -0.05) is 18.2 Å². The van der Waals surface area contributed by atoms with Crippen molar-refractivity contribution in [3.8, 4) is 17.1 Å². The van der Waals surface area contributed by atoms with Gasteiger partial charge in [-0.3, -0.25) is 4.90 Å². The first-order valence-corrected chi connectivity index (χ1v) is 9.36. The van der Waals surface area contributed by atoms with Gasteiger partial charge in [-0.25, -0.2) is 9.97 Å². The van der Waals surface area contributed by atoms with Gasteiger partial charge in [0.05, 0.1) is 12.3 Å². The van der Waals surface area contributed by atoms with Crippen molar-refractivity contribution in [2.45, 2.75) is 26.4 Å². The Balaban J connectivity index is 1.50. The number of ether oxygens (including phenoxy) is 1. The molecule has 27 heavy (non-hydrogen) atoms. The fourth-order valence-electron chi connectivity index (χ4n) is 3.45. The lowest BCUT2D eigenvalue weighted by Crippen LogP contribution is -2.31.